The Morgan fingerprint density at radius 1 is 1.00 bits per heavy atom. The van der Waals surface area contributed by atoms with Gasteiger partial charge >= 0.3 is 0 Å². The first-order chi connectivity index (χ1) is 16.6. The van der Waals surface area contributed by atoms with Gasteiger partial charge in [-0.3, -0.25) is 9.69 Å². The first kappa shape index (κ1) is 23.0. The van der Waals surface area contributed by atoms with Crippen LogP contribution in [0, 0.1) is 12.7 Å². The summed E-state index contributed by atoms with van der Waals surface area (Å²) >= 11 is 1.47. The average molecular weight is 483 g/mol. The maximum absolute atomic E-state index is 14.2. The number of nitrogens with zero attached hydrogens (tertiary/aromatic N) is 6. The quantitative estimate of drug-likeness (QED) is 0.554. The van der Waals surface area contributed by atoms with Crippen LogP contribution in [0.3, 0.4) is 0 Å². The third kappa shape index (κ3) is 4.34. The van der Waals surface area contributed by atoms with Gasteiger partial charge in [0.25, 0.3) is 5.91 Å². The first-order valence-electron chi connectivity index (χ1n) is 12.1. The summed E-state index contributed by atoms with van der Waals surface area (Å²) in [5, 5.41) is 0.972. The molecule has 0 N–H and O–H groups in total. The number of hydrogen-bond acceptors (Lipinski definition) is 7. The summed E-state index contributed by atoms with van der Waals surface area (Å²) in [4.78, 5) is 32.8. The van der Waals surface area contributed by atoms with Crippen molar-refractivity contribution in [2.24, 2.45) is 0 Å². The van der Waals surface area contributed by atoms with E-state index in [2.05, 4.69) is 31.6 Å². The standard InChI is InChI=1S/C25H31FN6OS/c1-3-8-29-9-11-32(12-10-29)25(33)22-18(2)21-23(27-17-28-24(21)34-22)31-15-13-30(14-16-31)20-7-5-4-6-19(20)26/h4-7,17H,3,8-16H2,1-2H3. The van der Waals surface area contributed by atoms with Crippen LogP contribution in [0.4, 0.5) is 15.9 Å². The summed E-state index contributed by atoms with van der Waals surface area (Å²) in [6.45, 7) is 11.6. The van der Waals surface area contributed by atoms with E-state index in [4.69, 9.17) is 0 Å². The van der Waals surface area contributed by atoms with Crippen LogP contribution in [-0.4, -0.2) is 84.6 Å². The van der Waals surface area contributed by atoms with Gasteiger partial charge in [-0.1, -0.05) is 19.1 Å². The number of carbonyl (C=O) groups is 1. The molecule has 5 rings (SSSR count). The van der Waals surface area contributed by atoms with Gasteiger partial charge in [0, 0.05) is 52.4 Å². The van der Waals surface area contributed by atoms with Crippen LogP contribution in [0.15, 0.2) is 30.6 Å². The summed E-state index contributed by atoms with van der Waals surface area (Å²) in [5.74, 6) is 0.790. The highest BCUT2D eigenvalue weighted by Crippen LogP contribution is 2.36. The predicted molar refractivity (Wildman–Crippen MR) is 136 cm³/mol. The number of halogens is 1. The maximum Gasteiger partial charge on any atom is 0.264 e. The number of thiophene rings is 1. The molecule has 9 heteroatoms. The van der Waals surface area contributed by atoms with Crippen molar-refractivity contribution in [2.75, 3.05) is 68.7 Å². The number of hydrogen-bond donors (Lipinski definition) is 0. The Bertz CT molecular complexity index is 1170. The van der Waals surface area contributed by atoms with E-state index < -0.39 is 0 Å². The maximum atomic E-state index is 14.2. The number of para-hydroxylation sites is 1. The Labute approximate surface area is 203 Å². The van der Waals surface area contributed by atoms with Crippen molar-refractivity contribution in [1.82, 2.24) is 19.8 Å². The van der Waals surface area contributed by atoms with Gasteiger partial charge < -0.3 is 14.7 Å². The minimum absolute atomic E-state index is 0.104. The molecular formula is C25H31FN6OS. The third-order valence-corrected chi connectivity index (χ3v) is 8.06. The SMILES string of the molecule is CCCN1CCN(C(=O)c2sc3ncnc(N4CCN(c5ccccc5F)CC4)c3c2C)CC1. The van der Waals surface area contributed by atoms with E-state index in [1.165, 1.54) is 17.4 Å². The zero-order valence-electron chi connectivity index (χ0n) is 19.8. The van der Waals surface area contributed by atoms with E-state index in [1.54, 1.807) is 12.4 Å². The molecule has 0 radical (unpaired) electrons. The van der Waals surface area contributed by atoms with Gasteiger partial charge in [0.05, 0.1) is 16.0 Å². The van der Waals surface area contributed by atoms with Gasteiger partial charge in [-0.05, 0) is 37.6 Å². The normalized spacial score (nSPS) is 17.6. The summed E-state index contributed by atoms with van der Waals surface area (Å²) in [6.07, 6.45) is 2.73. The van der Waals surface area contributed by atoms with Crippen LogP contribution in [0.2, 0.25) is 0 Å². The molecule has 2 aliphatic rings. The first-order valence-corrected chi connectivity index (χ1v) is 12.9. The van der Waals surface area contributed by atoms with Crippen molar-refractivity contribution in [1.29, 1.82) is 0 Å². The second kappa shape index (κ2) is 9.84. The number of aromatic nitrogens is 2. The molecule has 34 heavy (non-hydrogen) atoms. The van der Waals surface area contributed by atoms with Crippen molar-refractivity contribution < 1.29 is 9.18 Å². The van der Waals surface area contributed by atoms with Crippen molar-refractivity contribution in [2.45, 2.75) is 20.3 Å². The van der Waals surface area contributed by atoms with Crippen LogP contribution in [0.1, 0.15) is 28.6 Å². The largest absolute Gasteiger partial charge is 0.366 e. The Morgan fingerprint density at radius 2 is 1.71 bits per heavy atom. The zero-order valence-corrected chi connectivity index (χ0v) is 20.7. The molecule has 0 atom stereocenters. The molecule has 1 aromatic carbocycles. The van der Waals surface area contributed by atoms with Crippen LogP contribution >= 0.6 is 11.3 Å². The van der Waals surface area contributed by atoms with Crippen molar-refractivity contribution in [3.8, 4) is 0 Å². The number of amides is 1. The van der Waals surface area contributed by atoms with Gasteiger partial charge in [-0.25, -0.2) is 14.4 Å². The molecule has 2 fully saturated rings. The Hall–Kier alpha value is -2.78. The molecule has 0 saturated carbocycles. The van der Waals surface area contributed by atoms with Crippen LogP contribution in [-0.2, 0) is 0 Å². The molecule has 2 aromatic heterocycles. The monoisotopic (exact) mass is 482 g/mol. The minimum Gasteiger partial charge on any atom is -0.366 e. The summed E-state index contributed by atoms with van der Waals surface area (Å²) < 4.78 is 14.2. The van der Waals surface area contributed by atoms with Gasteiger partial charge in [0.1, 0.15) is 22.8 Å². The number of anilines is 2. The topological polar surface area (TPSA) is 55.8 Å². The number of carbonyl (C=O) groups excluding carboxylic acids is 1. The molecule has 0 bridgehead atoms. The number of rotatable bonds is 5. The molecular weight excluding hydrogens is 451 g/mol. The Morgan fingerprint density at radius 3 is 2.41 bits per heavy atom. The second-order valence-electron chi connectivity index (χ2n) is 8.99. The van der Waals surface area contributed by atoms with Crippen LogP contribution in [0.5, 0.6) is 0 Å². The van der Waals surface area contributed by atoms with Crippen molar-refractivity contribution in [3.63, 3.8) is 0 Å². The highest BCUT2D eigenvalue weighted by molar-refractivity contribution is 7.20. The molecule has 2 saturated heterocycles. The molecule has 1 amide bonds. The fourth-order valence-corrected chi connectivity index (χ4v) is 6.11. The molecule has 0 unspecified atom stereocenters. The molecule has 0 spiro atoms. The highest BCUT2D eigenvalue weighted by Gasteiger charge is 2.28. The Kier molecular flexibility index (Phi) is 6.65. The lowest BCUT2D eigenvalue weighted by atomic mass is 10.1. The van der Waals surface area contributed by atoms with E-state index in [0.717, 1.165) is 78.7 Å². The van der Waals surface area contributed by atoms with E-state index in [1.807, 2.05) is 24.0 Å². The van der Waals surface area contributed by atoms with Gasteiger partial charge in [-0.15, -0.1) is 11.3 Å². The Balaban J connectivity index is 1.34. The predicted octanol–water partition coefficient (Wildman–Crippen LogP) is 3.63. The number of benzene rings is 1. The third-order valence-electron chi connectivity index (χ3n) is 6.87. The minimum atomic E-state index is -0.187. The fourth-order valence-electron chi connectivity index (χ4n) is 5.00. The molecule has 2 aliphatic heterocycles. The number of aryl methyl sites for hydroxylation is 1. The molecule has 4 heterocycles. The number of fused-ring (bicyclic) bond motifs is 1. The van der Waals surface area contributed by atoms with Gasteiger partial charge in [0.15, 0.2) is 0 Å². The lowest BCUT2D eigenvalue weighted by Crippen LogP contribution is -2.48. The molecule has 7 nitrogen and oxygen atoms in total. The number of piperazine rings is 2. The molecule has 0 aliphatic carbocycles. The lowest BCUT2D eigenvalue weighted by Gasteiger charge is -2.37. The summed E-state index contributed by atoms with van der Waals surface area (Å²) in [5.41, 5.74) is 1.61. The molecule has 3 aromatic rings. The van der Waals surface area contributed by atoms with E-state index in [-0.39, 0.29) is 11.7 Å². The van der Waals surface area contributed by atoms with E-state index >= 15 is 0 Å². The second-order valence-corrected chi connectivity index (χ2v) is 9.99. The molecule has 180 valence electrons. The average Bonchev–Trinajstić information content (AvgIpc) is 3.21. The van der Waals surface area contributed by atoms with Crippen molar-refractivity contribution in [3.05, 3.63) is 46.9 Å². The summed E-state index contributed by atoms with van der Waals surface area (Å²) in [7, 11) is 0. The summed E-state index contributed by atoms with van der Waals surface area (Å²) in [6, 6.07) is 6.93. The smallest absolute Gasteiger partial charge is 0.264 e. The van der Waals surface area contributed by atoms with Crippen LogP contribution < -0.4 is 9.80 Å². The zero-order chi connectivity index (χ0) is 23.7. The lowest BCUT2D eigenvalue weighted by molar-refractivity contribution is 0.0642. The van der Waals surface area contributed by atoms with E-state index in [9.17, 15) is 9.18 Å². The fraction of sp³-hybridized carbons (Fsp3) is 0.480. The van der Waals surface area contributed by atoms with E-state index in [0.29, 0.717) is 18.8 Å². The van der Waals surface area contributed by atoms with Crippen molar-refractivity contribution >= 4 is 39.0 Å². The highest BCUT2D eigenvalue weighted by atomic mass is 32.1. The van der Waals surface area contributed by atoms with Gasteiger partial charge in [-0.2, -0.15) is 0 Å². The van der Waals surface area contributed by atoms with Crippen LogP contribution in [0.25, 0.3) is 10.2 Å². The van der Waals surface area contributed by atoms with Gasteiger partial charge in [0.2, 0.25) is 0 Å².